The van der Waals surface area contributed by atoms with Crippen molar-refractivity contribution in [2.24, 2.45) is 5.92 Å². The van der Waals surface area contributed by atoms with Gasteiger partial charge in [-0.1, -0.05) is 33.8 Å². The van der Waals surface area contributed by atoms with Crippen LogP contribution < -0.4 is 0 Å². The van der Waals surface area contributed by atoms with Gasteiger partial charge in [-0.25, -0.2) is 0 Å². The van der Waals surface area contributed by atoms with Crippen molar-refractivity contribution >= 4 is 19.6 Å². The average Bonchev–Trinajstić information content (AvgIpc) is 2.44. The van der Waals surface area contributed by atoms with E-state index in [9.17, 15) is 10.1 Å². The molecule has 2 atom stereocenters. The molecule has 1 aromatic heterocycles. The second-order valence-corrected chi connectivity index (χ2v) is 13.1. The molecule has 132 valence electrons. The van der Waals surface area contributed by atoms with E-state index in [4.69, 9.17) is 4.43 Å². The van der Waals surface area contributed by atoms with Crippen molar-refractivity contribution in [2.75, 3.05) is 0 Å². The van der Waals surface area contributed by atoms with Crippen LogP contribution in [0.3, 0.4) is 0 Å². The number of aromatic nitrogens is 1. The Morgan fingerprint density at radius 2 is 2.04 bits per heavy atom. The summed E-state index contributed by atoms with van der Waals surface area (Å²) in [7, 11) is -1.88. The molecule has 0 amide bonds. The lowest BCUT2D eigenvalue weighted by atomic mass is 9.85. The van der Waals surface area contributed by atoms with Gasteiger partial charge in [-0.2, -0.15) is 0 Å². The third kappa shape index (κ3) is 4.11. The molecule has 0 unspecified atom stereocenters. The molecular weight excluding hydrogens is 320 g/mol. The molecule has 2 rings (SSSR count). The van der Waals surface area contributed by atoms with Gasteiger partial charge in [0.25, 0.3) is 5.69 Å². The third-order valence-corrected chi connectivity index (χ3v) is 9.69. The first-order valence-electron chi connectivity index (χ1n) is 8.48. The SMILES string of the molecule is C[C@H]1CC(c2ccncc2[N+](=O)[O-])=C[C@@H](O[Si](C)(C)C(C)(C)C)C1. The molecule has 0 aliphatic heterocycles. The van der Waals surface area contributed by atoms with Gasteiger partial charge < -0.3 is 4.43 Å². The average molecular weight is 349 g/mol. The molecule has 0 fully saturated rings. The summed E-state index contributed by atoms with van der Waals surface area (Å²) < 4.78 is 6.54. The summed E-state index contributed by atoms with van der Waals surface area (Å²) in [5, 5.41) is 11.4. The van der Waals surface area contributed by atoms with Gasteiger partial charge in [-0.3, -0.25) is 15.1 Å². The van der Waals surface area contributed by atoms with Crippen molar-refractivity contribution in [1.29, 1.82) is 0 Å². The summed E-state index contributed by atoms with van der Waals surface area (Å²) in [5.41, 5.74) is 1.75. The van der Waals surface area contributed by atoms with Gasteiger partial charge >= 0.3 is 0 Å². The predicted molar refractivity (Wildman–Crippen MR) is 99.3 cm³/mol. The molecule has 24 heavy (non-hydrogen) atoms. The quantitative estimate of drug-likeness (QED) is 0.426. The molecule has 0 saturated heterocycles. The van der Waals surface area contributed by atoms with Crippen molar-refractivity contribution in [3.05, 3.63) is 40.2 Å². The number of nitrogens with zero attached hydrogens (tertiary/aromatic N) is 2. The minimum Gasteiger partial charge on any atom is -0.411 e. The van der Waals surface area contributed by atoms with E-state index in [-0.39, 0.29) is 21.8 Å². The van der Waals surface area contributed by atoms with E-state index in [1.807, 2.05) is 0 Å². The van der Waals surface area contributed by atoms with E-state index in [0.29, 0.717) is 11.5 Å². The number of nitro groups is 1. The highest BCUT2D eigenvalue weighted by Gasteiger charge is 2.39. The highest BCUT2D eigenvalue weighted by atomic mass is 28.4. The number of hydrogen-bond acceptors (Lipinski definition) is 4. The smallest absolute Gasteiger partial charge is 0.294 e. The first-order chi connectivity index (χ1) is 11.0. The Morgan fingerprint density at radius 3 is 2.62 bits per heavy atom. The van der Waals surface area contributed by atoms with Gasteiger partial charge in [0.1, 0.15) is 6.20 Å². The van der Waals surface area contributed by atoms with Crippen molar-refractivity contribution in [3.63, 3.8) is 0 Å². The highest BCUT2D eigenvalue weighted by molar-refractivity contribution is 6.74. The Morgan fingerprint density at radius 1 is 1.38 bits per heavy atom. The molecule has 1 aliphatic carbocycles. The van der Waals surface area contributed by atoms with Crippen LogP contribution in [0.1, 0.15) is 46.1 Å². The minimum atomic E-state index is -1.88. The van der Waals surface area contributed by atoms with Gasteiger partial charge in [0, 0.05) is 6.20 Å². The number of hydrogen-bond donors (Lipinski definition) is 0. The monoisotopic (exact) mass is 348 g/mol. The summed E-state index contributed by atoms with van der Waals surface area (Å²) in [4.78, 5) is 14.8. The van der Waals surface area contributed by atoms with Crippen molar-refractivity contribution in [2.45, 2.75) is 64.8 Å². The van der Waals surface area contributed by atoms with E-state index in [1.165, 1.54) is 6.20 Å². The molecule has 1 aliphatic rings. The van der Waals surface area contributed by atoms with E-state index in [0.717, 1.165) is 18.4 Å². The second kappa shape index (κ2) is 6.76. The zero-order valence-electron chi connectivity index (χ0n) is 15.5. The Labute approximate surface area is 145 Å². The number of allylic oxidation sites excluding steroid dienone is 1. The third-order valence-electron chi connectivity index (χ3n) is 5.19. The van der Waals surface area contributed by atoms with Crippen LogP contribution in [0.4, 0.5) is 5.69 Å². The molecule has 0 aromatic carbocycles. The topological polar surface area (TPSA) is 65.3 Å². The standard InChI is InChI=1S/C18H28N2O3Si/c1-13-9-14(16-7-8-19-12-17(16)20(21)22)11-15(10-13)23-24(5,6)18(2,3)4/h7-8,11-13,15H,9-10H2,1-6H3/t13-,15-/m0/s1. The molecule has 6 heteroatoms. The van der Waals surface area contributed by atoms with E-state index in [1.54, 1.807) is 12.3 Å². The highest BCUT2D eigenvalue weighted by Crippen LogP contribution is 2.41. The van der Waals surface area contributed by atoms with Crippen LogP contribution in [-0.2, 0) is 4.43 Å². The molecule has 0 N–H and O–H groups in total. The fourth-order valence-corrected chi connectivity index (χ4v) is 4.13. The van der Waals surface area contributed by atoms with Gasteiger partial charge in [0.2, 0.25) is 0 Å². The lowest BCUT2D eigenvalue weighted by Gasteiger charge is -2.40. The van der Waals surface area contributed by atoms with E-state index >= 15 is 0 Å². The lowest BCUT2D eigenvalue weighted by Crippen LogP contribution is -2.44. The van der Waals surface area contributed by atoms with Crippen LogP contribution in [0, 0.1) is 16.0 Å². The summed E-state index contributed by atoms with van der Waals surface area (Å²) >= 11 is 0. The Balaban J connectivity index is 2.35. The van der Waals surface area contributed by atoms with Gasteiger partial charge in [-0.15, -0.1) is 0 Å². The normalized spacial score (nSPS) is 22.2. The van der Waals surface area contributed by atoms with Gasteiger partial charge in [0.15, 0.2) is 8.32 Å². The largest absolute Gasteiger partial charge is 0.411 e. The molecular formula is C18H28N2O3Si. The van der Waals surface area contributed by atoms with Crippen molar-refractivity contribution in [1.82, 2.24) is 4.98 Å². The molecule has 0 saturated carbocycles. The first kappa shape index (κ1) is 18.8. The summed E-state index contributed by atoms with van der Waals surface area (Å²) in [6.45, 7) is 13.4. The van der Waals surface area contributed by atoms with Crippen molar-refractivity contribution in [3.8, 4) is 0 Å². The lowest BCUT2D eigenvalue weighted by molar-refractivity contribution is -0.385. The molecule has 0 radical (unpaired) electrons. The fraction of sp³-hybridized carbons (Fsp3) is 0.611. The molecule has 5 nitrogen and oxygen atoms in total. The van der Waals surface area contributed by atoms with Crippen LogP contribution in [0.2, 0.25) is 18.1 Å². The Hall–Kier alpha value is -1.53. The zero-order valence-corrected chi connectivity index (χ0v) is 16.5. The summed E-state index contributed by atoms with van der Waals surface area (Å²) in [5.74, 6) is 0.438. The summed E-state index contributed by atoms with van der Waals surface area (Å²) in [6, 6.07) is 1.74. The summed E-state index contributed by atoms with van der Waals surface area (Å²) in [6.07, 6.45) is 6.88. The van der Waals surface area contributed by atoms with Crippen LogP contribution in [0.5, 0.6) is 0 Å². The van der Waals surface area contributed by atoms with E-state index < -0.39 is 8.32 Å². The van der Waals surface area contributed by atoms with Crippen LogP contribution >= 0.6 is 0 Å². The van der Waals surface area contributed by atoms with Gasteiger partial charge in [0.05, 0.1) is 16.6 Å². The molecule has 0 spiro atoms. The maximum absolute atomic E-state index is 11.3. The second-order valence-electron chi connectivity index (χ2n) is 8.30. The van der Waals surface area contributed by atoms with Gasteiger partial charge in [-0.05, 0) is 48.5 Å². The minimum absolute atomic E-state index is 0.0254. The maximum atomic E-state index is 11.3. The van der Waals surface area contributed by atoms with Crippen LogP contribution in [0.25, 0.3) is 5.57 Å². The Kier molecular flexibility index (Phi) is 5.30. The predicted octanol–water partition coefficient (Wildman–Crippen LogP) is 5.19. The maximum Gasteiger partial charge on any atom is 0.294 e. The fourth-order valence-electron chi connectivity index (χ4n) is 2.86. The molecule has 1 heterocycles. The zero-order chi connectivity index (χ0) is 18.1. The first-order valence-corrected chi connectivity index (χ1v) is 11.4. The number of rotatable bonds is 4. The van der Waals surface area contributed by atoms with Crippen molar-refractivity contribution < 1.29 is 9.35 Å². The van der Waals surface area contributed by atoms with E-state index in [2.05, 4.69) is 51.8 Å². The Bertz CT molecular complexity index is 650. The number of pyridine rings is 1. The molecule has 1 aromatic rings. The van der Waals surface area contributed by atoms with Crippen LogP contribution in [0.15, 0.2) is 24.5 Å². The molecule has 0 bridgehead atoms. The van der Waals surface area contributed by atoms with Crippen LogP contribution in [-0.4, -0.2) is 24.3 Å².